The maximum atomic E-state index is 12.6. The second-order valence-electron chi connectivity index (χ2n) is 6.81. The molecular weight excluding hydrogens is 346 g/mol. The van der Waals surface area contributed by atoms with Crippen LogP contribution in [0.4, 0.5) is 0 Å². The molecule has 1 N–H and O–H groups in total. The van der Waals surface area contributed by atoms with E-state index < -0.39 is 0 Å². The van der Waals surface area contributed by atoms with Crippen LogP contribution in [0.5, 0.6) is 5.75 Å². The van der Waals surface area contributed by atoms with Crippen LogP contribution in [0, 0.1) is 0 Å². The first-order valence-electron chi connectivity index (χ1n) is 9.08. The van der Waals surface area contributed by atoms with Crippen molar-refractivity contribution in [1.82, 2.24) is 14.9 Å². The number of aryl methyl sites for hydroxylation is 1. The molecule has 0 fully saturated rings. The lowest BCUT2D eigenvalue weighted by Crippen LogP contribution is -2.37. The first-order chi connectivity index (χ1) is 13.1. The van der Waals surface area contributed by atoms with Crippen LogP contribution in [-0.2, 0) is 24.2 Å². The molecular formula is C20H21N3O4. The predicted octanol–water partition coefficient (Wildman–Crippen LogP) is 2.06. The van der Waals surface area contributed by atoms with E-state index in [9.17, 15) is 9.59 Å². The van der Waals surface area contributed by atoms with Gasteiger partial charge in [0.2, 0.25) is 0 Å². The van der Waals surface area contributed by atoms with Crippen molar-refractivity contribution in [2.45, 2.75) is 38.8 Å². The van der Waals surface area contributed by atoms with Crippen LogP contribution in [-0.4, -0.2) is 28.1 Å². The summed E-state index contributed by atoms with van der Waals surface area (Å²) in [6.07, 6.45) is 4.00. The molecule has 4 rings (SSSR count). The van der Waals surface area contributed by atoms with Gasteiger partial charge in [-0.05, 0) is 43.7 Å². The SMILES string of the molecule is C[C@H](Cc1ccco1)NC(=O)COc1ccc2nc3n(c(=O)c2c1)CCC3. The molecule has 1 amide bonds. The van der Waals surface area contributed by atoms with E-state index in [-0.39, 0.29) is 24.1 Å². The van der Waals surface area contributed by atoms with Gasteiger partial charge in [-0.3, -0.25) is 14.2 Å². The third kappa shape index (κ3) is 3.72. The van der Waals surface area contributed by atoms with E-state index >= 15 is 0 Å². The molecule has 27 heavy (non-hydrogen) atoms. The van der Waals surface area contributed by atoms with Crippen LogP contribution >= 0.6 is 0 Å². The topological polar surface area (TPSA) is 86.4 Å². The summed E-state index contributed by atoms with van der Waals surface area (Å²) in [6.45, 7) is 2.50. The van der Waals surface area contributed by atoms with Gasteiger partial charge in [-0.25, -0.2) is 4.98 Å². The summed E-state index contributed by atoms with van der Waals surface area (Å²) in [5.74, 6) is 1.91. The highest BCUT2D eigenvalue weighted by Crippen LogP contribution is 2.19. The third-order valence-electron chi connectivity index (χ3n) is 4.65. The molecule has 3 heterocycles. The Morgan fingerprint density at radius 1 is 1.41 bits per heavy atom. The summed E-state index contributed by atoms with van der Waals surface area (Å²) in [7, 11) is 0. The Hall–Kier alpha value is -3.09. The van der Waals surface area contributed by atoms with Gasteiger partial charge in [0, 0.05) is 25.4 Å². The van der Waals surface area contributed by atoms with Crippen molar-refractivity contribution in [2.24, 2.45) is 0 Å². The van der Waals surface area contributed by atoms with Crippen molar-refractivity contribution < 1.29 is 13.9 Å². The number of amides is 1. The van der Waals surface area contributed by atoms with Crippen molar-refractivity contribution in [3.05, 3.63) is 58.5 Å². The number of nitrogens with zero attached hydrogens (tertiary/aromatic N) is 2. The highest BCUT2D eigenvalue weighted by Gasteiger charge is 2.16. The van der Waals surface area contributed by atoms with Gasteiger partial charge in [-0.2, -0.15) is 0 Å². The van der Waals surface area contributed by atoms with Crippen LogP contribution in [0.15, 0.2) is 45.8 Å². The number of aromatic nitrogens is 2. The quantitative estimate of drug-likeness (QED) is 0.721. The van der Waals surface area contributed by atoms with Gasteiger partial charge in [-0.1, -0.05) is 0 Å². The third-order valence-corrected chi connectivity index (χ3v) is 4.65. The van der Waals surface area contributed by atoms with E-state index in [1.807, 2.05) is 19.1 Å². The fraction of sp³-hybridized carbons (Fsp3) is 0.350. The molecule has 3 aromatic rings. The number of hydrogen-bond donors (Lipinski definition) is 1. The Morgan fingerprint density at radius 3 is 3.11 bits per heavy atom. The average molecular weight is 367 g/mol. The van der Waals surface area contributed by atoms with E-state index in [2.05, 4.69) is 10.3 Å². The summed E-state index contributed by atoms with van der Waals surface area (Å²) in [6, 6.07) is 8.79. The van der Waals surface area contributed by atoms with Crippen molar-refractivity contribution in [3.8, 4) is 5.75 Å². The first kappa shape index (κ1) is 17.3. The lowest BCUT2D eigenvalue weighted by molar-refractivity contribution is -0.123. The molecule has 7 heteroatoms. The molecule has 1 aliphatic rings. The lowest BCUT2D eigenvalue weighted by atomic mass is 10.2. The number of ether oxygens (including phenoxy) is 1. The van der Waals surface area contributed by atoms with Crippen molar-refractivity contribution in [2.75, 3.05) is 6.61 Å². The van der Waals surface area contributed by atoms with E-state index in [4.69, 9.17) is 9.15 Å². The standard InChI is InChI=1S/C20H21N3O4/c1-13(10-14-4-3-9-26-14)21-19(24)12-27-15-6-7-17-16(11-15)20(25)23-8-2-5-18(23)22-17/h3-4,6-7,9,11,13H,2,5,8,10,12H2,1H3,(H,21,24)/t13-/m1/s1. The molecule has 0 unspecified atom stereocenters. The first-order valence-corrected chi connectivity index (χ1v) is 9.08. The number of rotatable bonds is 6. The Morgan fingerprint density at radius 2 is 2.30 bits per heavy atom. The van der Waals surface area contributed by atoms with E-state index in [0.717, 1.165) is 24.4 Å². The second kappa shape index (κ2) is 7.26. The number of carbonyl (C=O) groups is 1. The minimum atomic E-state index is -0.224. The molecule has 7 nitrogen and oxygen atoms in total. The monoisotopic (exact) mass is 367 g/mol. The van der Waals surface area contributed by atoms with Gasteiger partial charge < -0.3 is 14.5 Å². The van der Waals surface area contributed by atoms with Crippen LogP contribution in [0.3, 0.4) is 0 Å². The van der Waals surface area contributed by atoms with Crippen molar-refractivity contribution in [1.29, 1.82) is 0 Å². The van der Waals surface area contributed by atoms with Gasteiger partial charge in [0.15, 0.2) is 6.61 Å². The Balaban J connectivity index is 1.40. The van der Waals surface area contributed by atoms with Gasteiger partial charge in [0.05, 0.1) is 17.2 Å². The van der Waals surface area contributed by atoms with E-state index in [1.165, 1.54) is 0 Å². The zero-order valence-electron chi connectivity index (χ0n) is 15.1. The van der Waals surface area contributed by atoms with Crippen LogP contribution in [0.25, 0.3) is 10.9 Å². The number of carbonyl (C=O) groups excluding carboxylic acids is 1. The Bertz CT molecular complexity index is 1020. The normalized spacial score (nSPS) is 14.1. The Labute approximate surface area is 156 Å². The van der Waals surface area contributed by atoms with Gasteiger partial charge >= 0.3 is 0 Å². The number of hydrogen-bond acceptors (Lipinski definition) is 5. The molecule has 0 spiro atoms. The molecule has 0 radical (unpaired) electrons. The van der Waals surface area contributed by atoms with Crippen LogP contribution < -0.4 is 15.6 Å². The molecule has 1 aliphatic heterocycles. The molecule has 1 aromatic carbocycles. The van der Waals surface area contributed by atoms with Crippen molar-refractivity contribution >= 4 is 16.8 Å². The van der Waals surface area contributed by atoms with E-state index in [0.29, 0.717) is 29.6 Å². The summed E-state index contributed by atoms with van der Waals surface area (Å²) in [4.78, 5) is 29.2. The maximum Gasteiger partial charge on any atom is 0.261 e. The number of furan rings is 1. The smallest absolute Gasteiger partial charge is 0.261 e. The number of fused-ring (bicyclic) bond motifs is 2. The molecule has 0 saturated heterocycles. The lowest BCUT2D eigenvalue weighted by Gasteiger charge is -2.13. The fourth-order valence-electron chi connectivity index (χ4n) is 3.40. The predicted molar refractivity (Wildman–Crippen MR) is 99.8 cm³/mol. The summed E-state index contributed by atoms with van der Waals surface area (Å²) < 4.78 is 12.6. The van der Waals surface area contributed by atoms with Gasteiger partial charge in [0.25, 0.3) is 11.5 Å². The minimum Gasteiger partial charge on any atom is -0.484 e. The molecule has 1 atom stereocenters. The fourth-order valence-corrected chi connectivity index (χ4v) is 3.40. The molecule has 0 aliphatic carbocycles. The maximum absolute atomic E-state index is 12.6. The summed E-state index contributed by atoms with van der Waals surface area (Å²) in [5, 5.41) is 3.39. The van der Waals surface area contributed by atoms with E-state index in [1.54, 1.807) is 29.0 Å². The molecule has 2 aromatic heterocycles. The molecule has 140 valence electrons. The summed E-state index contributed by atoms with van der Waals surface area (Å²) >= 11 is 0. The minimum absolute atomic E-state index is 0.0468. The number of benzene rings is 1. The Kier molecular flexibility index (Phi) is 4.66. The van der Waals surface area contributed by atoms with Gasteiger partial charge in [-0.15, -0.1) is 0 Å². The second-order valence-corrected chi connectivity index (χ2v) is 6.81. The highest BCUT2D eigenvalue weighted by atomic mass is 16.5. The van der Waals surface area contributed by atoms with Crippen LogP contribution in [0.2, 0.25) is 0 Å². The zero-order chi connectivity index (χ0) is 18.8. The average Bonchev–Trinajstić information content (AvgIpc) is 3.32. The molecule has 0 bridgehead atoms. The molecule has 0 saturated carbocycles. The highest BCUT2D eigenvalue weighted by molar-refractivity contribution is 5.80. The largest absolute Gasteiger partial charge is 0.484 e. The van der Waals surface area contributed by atoms with Crippen LogP contribution in [0.1, 0.15) is 24.9 Å². The van der Waals surface area contributed by atoms with Crippen molar-refractivity contribution in [3.63, 3.8) is 0 Å². The van der Waals surface area contributed by atoms with Gasteiger partial charge in [0.1, 0.15) is 17.3 Å². The zero-order valence-corrected chi connectivity index (χ0v) is 15.1. The number of nitrogens with one attached hydrogen (secondary N) is 1. The summed E-state index contributed by atoms with van der Waals surface area (Å²) in [5.41, 5.74) is 0.617.